The second-order valence-electron chi connectivity index (χ2n) is 2.86. The Bertz CT molecular complexity index is 332. The molecule has 0 bridgehead atoms. The smallest absolute Gasteiger partial charge is 0.128 e. The molecule has 0 aliphatic heterocycles. The maximum atomic E-state index is 8.32. The van der Waals surface area contributed by atoms with Crippen molar-refractivity contribution in [1.29, 1.82) is 0 Å². The van der Waals surface area contributed by atoms with Crippen LogP contribution in [0.2, 0.25) is 0 Å². The summed E-state index contributed by atoms with van der Waals surface area (Å²) in [6, 6.07) is 7.22. The van der Waals surface area contributed by atoms with Crippen molar-refractivity contribution in [2.24, 2.45) is 5.11 Å². The molecule has 0 saturated carbocycles. The summed E-state index contributed by atoms with van der Waals surface area (Å²) in [6.45, 7) is 2.76. The Labute approximate surface area is 83.1 Å². The van der Waals surface area contributed by atoms with E-state index in [2.05, 4.69) is 16.9 Å². The van der Waals surface area contributed by atoms with E-state index in [1.807, 2.05) is 12.1 Å². The minimum atomic E-state index is 0.547. The summed E-state index contributed by atoms with van der Waals surface area (Å²) in [5.41, 5.74) is 8.87. The molecule has 0 amide bonds. The lowest BCUT2D eigenvalue weighted by Crippen LogP contribution is -1.96. The summed E-state index contributed by atoms with van der Waals surface area (Å²) in [5, 5.41) is 3.54. The SMILES string of the molecule is CCCCOc1ccccc1N=[N+]=[N-]. The molecule has 1 aromatic carbocycles. The summed E-state index contributed by atoms with van der Waals surface area (Å²) in [4.78, 5) is 2.74. The highest BCUT2D eigenvalue weighted by molar-refractivity contribution is 5.50. The molecule has 14 heavy (non-hydrogen) atoms. The normalized spacial score (nSPS) is 9.21. The molecule has 0 aliphatic rings. The molecule has 0 aliphatic carbocycles. The lowest BCUT2D eigenvalue weighted by atomic mass is 10.3. The Morgan fingerprint density at radius 2 is 2.21 bits per heavy atom. The van der Waals surface area contributed by atoms with Crippen molar-refractivity contribution < 1.29 is 4.74 Å². The van der Waals surface area contributed by atoms with Crippen LogP contribution in [0.3, 0.4) is 0 Å². The van der Waals surface area contributed by atoms with Crippen LogP contribution >= 0.6 is 0 Å². The van der Waals surface area contributed by atoms with Gasteiger partial charge in [-0.25, -0.2) is 0 Å². The van der Waals surface area contributed by atoms with Crippen LogP contribution in [0.15, 0.2) is 29.4 Å². The van der Waals surface area contributed by atoms with Gasteiger partial charge in [-0.15, -0.1) is 0 Å². The van der Waals surface area contributed by atoms with Gasteiger partial charge in [-0.2, -0.15) is 0 Å². The van der Waals surface area contributed by atoms with Gasteiger partial charge in [-0.3, -0.25) is 0 Å². The Kier molecular flexibility index (Phi) is 4.38. The number of nitrogens with zero attached hydrogens (tertiary/aromatic N) is 3. The molecule has 1 rings (SSSR count). The second kappa shape index (κ2) is 5.89. The van der Waals surface area contributed by atoms with Crippen LogP contribution in [-0.4, -0.2) is 6.61 Å². The predicted molar refractivity (Wildman–Crippen MR) is 55.7 cm³/mol. The van der Waals surface area contributed by atoms with Crippen LogP contribution in [0.4, 0.5) is 5.69 Å². The van der Waals surface area contributed by atoms with E-state index in [1.165, 1.54) is 0 Å². The van der Waals surface area contributed by atoms with Crippen LogP contribution < -0.4 is 4.74 Å². The van der Waals surface area contributed by atoms with E-state index < -0.39 is 0 Å². The molecule has 0 aromatic heterocycles. The first-order chi connectivity index (χ1) is 6.88. The minimum Gasteiger partial charge on any atom is -0.493 e. The number of ether oxygens (including phenoxy) is 1. The van der Waals surface area contributed by atoms with Crippen LogP contribution in [0.5, 0.6) is 5.75 Å². The van der Waals surface area contributed by atoms with E-state index in [4.69, 9.17) is 10.3 Å². The van der Waals surface area contributed by atoms with E-state index in [-0.39, 0.29) is 0 Å². The standard InChI is InChI=1S/C10H13N3O/c1-2-3-8-14-10-7-5-4-6-9(10)12-13-11/h4-7H,2-3,8H2,1H3. The fourth-order valence-electron chi connectivity index (χ4n) is 1.04. The Hall–Kier alpha value is -1.67. The summed E-state index contributed by atoms with van der Waals surface area (Å²) in [6.07, 6.45) is 2.09. The zero-order chi connectivity index (χ0) is 10.2. The van der Waals surface area contributed by atoms with E-state index in [1.54, 1.807) is 12.1 Å². The van der Waals surface area contributed by atoms with E-state index in [9.17, 15) is 0 Å². The van der Waals surface area contributed by atoms with Gasteiger partial charge in [0.15, 0.2) is 0 Å². The van der Waals surface area contributed by atoms with Gasteiger partial charge in [0.2, 0.25) is 0 Å². The van der Waals surface area contributed by atoms with Gasteiger partial charge < -0.3 is 4.74 Å². The molecular formula is C10H13N3O. The van der Waals surface area contributed by atoms with Crippen molar-refractivity contribution in [3.05, 3.63) is 34.7 Å². The number of rotatable bonds is 5. The molecule has 0 saturated heterocycles. The van der Waals surface area contributed by atoms with Gasteiger partial charge in [-0.1, -0.05) is 30.6 Å². The second-order valence-corrected chi connectivity index (χ2v) is 2.86. The third kappa shape index (κ3) is 2.99. The third-order valence-electron chi connectivity index (χ3n) is 1.77. The zero-order valence-electron chi connectivity index (χ0n) is 8.18. The number of para-hydroxylation sites is 1. The molecule has 1 aromatic rings. The van der Waals surface area contributed by atoms with Gasteiger partial charge in [0, 0.05) is 4.91 Å². The van der Waals surface area contributed by atoms with E-state index in [0.29, 0.717) is 18.0 Å². The summed E-state index contributed by atoms with van der Waals surface area (Å²) < 4.78 is 5.47. The lowest BCUT2D eigenvalue weighted by molar-refractivity contribution is 0.310. The van der Waals surface area contributed by atoms with Crippen LogP contribution in [-0.2, 0) is 0 Å². The van der Waals surface area contributed by atoms with Crippen molar-refractivity contribution in [2.75, 3.05) is 6.61 Å². The van der Waals surface area contributed by atoms with Crippen LogP contribution in [0, 0.1) is 0 Å². The van der Waals surface area contributed by atoms with Gasteiger partial charge in [0.25, 0.3) is 0 Å². The van der Waals surface area contributed by atoms with Crippen molar-refractivity contribution in [2.45, 2.75) is 19.8 Å². The van der Waals surface area contributed by atoms with Gasteiger partial charge in [-0.05, 0) is 24.1 Å². The van der Waals surface area contributed by atoms with Gasteiger partial charge >= 0.3 is 0 Å². The fourth-order valence-corrected chi connectivity index (χ4v) is 1.04. The Morgan fingerprint density at radius 3 is 2.93 bits per heavy atom. The molecule has 0 unspecified atom stereocenters. The van der Waals surface area contributed by atoms with Crippen molar-refractivity contribution in [3.63, 3.8) is 0 Å². The highest BCUT2D eigenvalue weighted by atomic mass is 16.5. The average molecular weight is 191 g/mol. The fraction of sp³-hybridized carbons (Fsp3) is 0.400. The van der Waals surface area contributed by atoms with Crippen LogP contribution in [0.25, 0.3) is 10.4 Å². The quantitative estimate of drug-likeness (QED) is 0.302. The number of unbranched alkanes of at least 4 members (excludes halogenated alkanes) is 1. The van der Waals surface area contributed by atoms with Gasteiger partial charge in [0.1, 0.15) is 5.75 Å². The average Bonchev–Trinajstić information content (AvgIpc) is 2.21. The molecule has 4 nitrogen and oxygen atoms in total. The van der Waals surface area contributed by atoms with Crippen molar-refractivity contribution in [3.8, 4) is 5.75 Å². The molecule has 0 N–H and O–H groups in total. The molecule has 4 heteroatoms. The topological polar surface area (TPSA) is 58.0 Å². The minimum absolute atomic E-state index is 0.547. The number of hydrogen-bond donors (Lipinski definition) is 0. The largest absolute Gasteiger partial charge is 0.493 e. The zero-order valence-corrected chi connectivity index (χ0v) is 8.18. The summed E-state index contributed by atoms with van der Waals surface area (Å²) in [7, 11) is 0. The summed E-state index contributed by atoms with van der Waals surface area (Å²) >= 11 is 0. The molecule has 0 atom stereocenters. The van der Waals surface area contributed by atoms with Crippen molar-refractivity contribution >= 4 is 5.69 Å². The number of benzene rings is 1. The number of hydrogen-bond acceptors (Lipinski definition) is 2. The van der Waals surface area contributed by atoms with Gasteiger partial charge in [0.05, 0.1) is 12.3 Å². The molecule has 0 heterocycles. The Morgan fingerprint density at radius 1 is 1.43 bits per heavy atom. The Balaban J connectivity index is 2.69. The molecule has 0 fully saturated rings. The predicted octanol–water partition coefficient (Wildman–Crippen LogP) is 3.81. The number of azide groups is 1. The maximum absolute atomic E-state index is 8.32. The molecular weight excluding hydrogens is 178 g/mol. The van der Waals surface area contributed by atoms with Crippen LogP contribution in [0.1, 0.15) is 19.8 Å². The first kappa shape index (κ1) is 10.4. The monoisotopic (exact) mass is 191 g/mol. The molecule has 0 spiro atoms. The molecule has 74 valence electrons. The third-order valence-corrected chi connectivity index (χ3v) is 1.77. The van der Waals surface area contributed by atoms with E-state index >= 15 is 0 Å². The first-order valence-electron chi connectivity index (χ1n) is 4.65. The first-order valence-corrected chi connectivity index (χ1v) is 4.65. The highest BCUT2D eigenvalue weighted by Gasteiger charge is 1.98. The van der Waals surface area contributed by atoms with Crippen molar-refractivity contribution in [1.82, 2.24) is 0 Å². The lowest BCUT2D eigenvalue weighted by Gasteiger charge is -2.06. The highest BCUT2D eigenvalue weighted by Crippen LogP contribution is 2.26. The maximum Gasteiger partial charge on any atom is 0.128 e. The molecule has 0 radical (unpaired) electrons. The van der Waals surface area contributed by atoms with E-state index in [0.717, 1.165) is 12.8 Å². The summed E-state index contributed by atoms with van der Waals surface area (Å²) in [5.74, 6) is 0.652.